The first-order chi connectivity index (χ1) is 12.1. The second-order valence-corrected chi connectivity index (χ2v) is 6.06. The Balaban J connectivity index is 1.68. The Morgan fingerprint density at radius 2 is 1.88 bits per heavy atom. The Labute approximate surface area is 145 Å². The minimum Gasteiger partial charge on any atom is -0.507 e. The molecule has 0 spiro atoms. The van der Waals surface area contributed by atoms with Crippen molar-refractivity contribution in [3.8, 4) is 17.1 Å². The lowest BCUT2D eigenvalue weighted by Gasteiger charge is -2.19. The van der Waals surface area contributed by atoms with Crippen molar-refractivity contribution in [2.75, 3.05) is 5.43 Å². The summed E-state index contributed by atoms with van der Waals surface area (Å²) in [4.78, 5) is 10.3. The topological polar surface area (TPSA) is 106 Å². The Morgan fingerprint density at radius 1 is 1.12 bits per heavy atom. The Kier molecular flexibility index (Phi) is 3.62. The molecule has 1 aromatic heterocycles. The van der Waals surface area contributed by atoms with Gasteiger partial charge in [0.05, 0.1) is 16.2 Å². The smallest absolute Gasteiger partial charge is 0.269 e. The average Bonchev–Trinajstić information content (AvgIpc) is 3.05. The number of hydrogen-bond acceptors (Lipinski definition) is 7. The molecule has 2 heterocycles. The van der Waals surface area contributed by atoms with Crippen LogP contribution in [0.5, 0.6) is 5.75 Å². The van der Waals surface area contributed by atoms with Gasteiger partial charge in [-0.3, -0.25) is 15.5 Å². The molecule has 0 radical (unpaired) electrons. The lowest BCUT2D eigenvalue weighted by atomic mass is 10.1. The van der Waals surface area contributed by atoms with Crippen molar-refractivity contribution in [3.63, 3.8) is 0 Å². The molecule has 3 aromatic rings. The number of aromatic nitrogens is 3. The van der Waals surface area contributed by atoms with Crippen LogP contribution in [0.2, 0.25) is 0 Å². The second kappa shape index (κ2) is 5.95. The molecular formula is C16H11N5O3S. The molecule has 0 saturated carbocycles. The summed E-state index contributed by atoms with van der Waals surface area (Å²) in [7, 11) is 0. The van der Waals surface area contributed by atoms with Gasteiger partial charge < -0.3 is 5.11 Å². The molecule has 1 aliphatic rings. The Morgan fingerprint density at radius 3 is 2.60 bits per heavy atom. The first-order valence-electron chi connectivity index (χ1n) is 7.26. The molecule has 0 aliphatic carbocycles. The van der Waals surface area contributed by atoms with E-state index in [1.807, 2.05) is 5.41 Å². The molecule has 9 heteroatoms. The van der Waals surface area contributed by atoms with Crippen LogP contribution >= 0.6 is 11.8 Å². The zero-order valence-electron chi connectivity index (χ0n) is 12.7. The molecule has 8 nitrogen and oxygen atoms in total. The van der Waals surface area contributed by atoms with E-state index in [1.165, 1.54) is 23.9 Å². The van der Waals surface area contributed by atoms with Crippen molar-refractivity contribution in [2.24, 2.45) is 0 Å². The first-order valence-corrected chi connectivity index (χ1v) is 8.14. The van der Waals surface area contributed by atoms with Crippen molar-refractivity contribution >= 4 is 23.1 Å². The summed E-state index contributed by atoms with van der Waals surface area (Å²) < 4.78 is 1.68. The van der Waals surface area contributed by atoms with Gasteiger partial charge in [0.25, 0.3) is 5.69 Å². The average molecular weight is 353 g/mol. The zero-order valence-corrected chi connectivity index (χ0v) is 13.5. The third-order valence-corrected chi connectivity index (χ3v) is 4.51. The highest BCUT2D eigenvalue weighted by molar-refractivity contribution is 8.02. The fraction of sp³-hybridized carbons (Fsp3) is 0. The van der Waals surface area contributed by atoms with Crippen molar-refractivity contribution < 1.29 is 10.0 Å². The molecule has 25 heavy (non-hydrogen) atoms. The first kappa shape index (κ1) is 15.2. The number of hydrogen-bond donors (Lipinski definition) is 2. The molecule has 0 fully saturated rings. The number of para-hydroxylation sites is 1. The van der Waals surface area contributed by atoms with E-state index in [-0.39, 0.29) is 11.4 Å². The van der Waals surface area contributed by atoms with Gasteiger partial charge in [-0.15, -0.1) is 10.2 Å². The van der Waals surface area contributed by atoms with Crippen molar-refractivity contribution in [2.45, 2.75) is 5.16 Å². The molecule has 0 amide bonds. The number of fused-ring (bicyclic) bond motifs is 1. The number of nitro benzene ring substituents is 1. The SMILES string of the molecule is O=[N+]([O-])c1ccc(C2=CSc3nnc(-c4ccccc4O)n3N2)cc1. The second-order valence-electron chi connectivity index (χ2n) is 5.22. The number of nitrogens with zero attached hydrogens (tertiary/aromatic N) is 4. The van der Waals surface area contributed by atoms with Crippen LogP contribution in [-0.2, 0) is 0 Å². The van der Waals surface area contributed by atoms with Crippen LogP contribution in [0.15, 0.2) is 59.1 Å². The number of rotatable bonds is 3. The van der Waals surface area contributed by atoms with Crippen molar-refractivity contribution in [1.29, 1.82) is 0 Å². The number of thioether (sulfide) groups is 1. The highest BCUT2D eigenvalue weighted by Gasteiger charge is 2.21. The van der Waals surface area contributed by atoms with Gasteiger partial charge in [-0.25, -0.2) is 4.68 Å². The van der Waals surface area contributed by atoms with Crippen LogP contribution in [0.25, 0.3) is 17.1 Å². The van der Waals surface area contributed by atoms with Gasteiger partial charge in [0, 0.05) is 23.1 Å². The molecule has 0 atom stereocenters. The van der Waals surface area contributed by atoms with Gasteiger partial charge >= 0.3 is 0 Å². The minimum absolute atomic E-state index is 0.0349. The summed E-state index contributed by atoms with van der Waals surface area (Å²) in [5.74, 6) is 0.587. The predicted molar refractivity (Wildman–Crippen MR) is 93.4 cm³/mol. The molecule has 124 valence electrons. The predicted octanol–water partition coefficient (Wildman–Crippen LogP) is 3.21. The molecular weight excluding hydrogens is 342 g/mol. The number of benzene rings is 2. The summed E-state index contributed by atoms with van der Waals surface area (Å²) in [6.45, 7) is 0. The van der Waals surface area contributed by atoms with E-state index in [9.17, 15) is 15.2 Å². The lowest BCUT2D eigenvalue weighted by Crippen LogP contribution is -2.18. The minimum atomic E-state index is -0.435. The standard InChI is InChI=1S/C16H11N5O3S/c22-14-4-2-1-3-12(14)15-17-18-16-20(15)19-13(9-25-16)10-5-7-11(8-6-10)21(23)24/h1-9,19,22H. The Hall–Kier alpha value is -3.33. The quantitative estimate of drug-likeness (QED) is 0.550. The monoisotopic (exact) mass is 353 g/mol. The van der Waals surface area contributed by atoms with Crippen LogP contribution < -0.4 is 5.43 Å². The maximum atomic E-state index is 10.8. The van der Waals surface area contributed by atoms with E-state index in [4.69, 9.17) is 0 Å². The number of nitro groups is 1. The Bertz CT molecular complexity index is 997. The normalized spacial score (nSPS) is 12.9. The summed E-state index contributed by atoms with van der Waals surface area (Å²) in [6, 6.07) is 13.1. The van der Waals surface area contributed by atoms with E-state index >= 15 is 0 Å². The number of phenolic OH excluding ortho intramolecular Hbond substituents is 1. The van der Waals surface area contributed by atoms with Crippen molar-refractivity contribution in [3.05, 3.63) is 69.6 Å². The summed E-state index contributed by atoms with van der Waals surface area (Å²) >= 11 is 1.37. The lowest BCUT2D eigenvalue weighted by molar-refractivity contribution is -0.384. The van der Waals surface area contributed by atoms with Crippen LogP contribution in [0.4, 0.5) is 5.69 Å². The number of non-ortho nitro benzene ring substituents is 1. The number of nitrogens with one attached hydrogen (secondary N) is 1. The fourth-order valence-electron chi connectivity index (χ4n) is 2.44. The summed E-state index contributed by atoms with van der Waals surface area (Å²) in [6.07, 6.45) is 0. The van der Waals surface area contributed by atoms with E-state index in [1.54, 1.807) is 41.1 Å². The van der Waals surface area contributed by atoms with E-state index < -0.39 is 4.92 Å². The summed E-state index contributed by atoms with van der Waals surface area (Å²) in [5, 5.41) is 31.6. The van der Waals surface area contributed by atoms with Crippen LogP contribution in [0, 0.1) is 10.1 Å². The highest BCUT2D eigenvalue weighted by Crippen LogP contribution is 2.34. The van der Waals surface area contributed by atoms with Gasteiger partial charge in [-0.05, 0) is 24.3 Å². The summed E-state index contributed by atoms with van der Waals surface area (Å²) in [5.41, 5.74) is 5.32. The molecule has 4 rings (SSSR count). The van der Waals surface area contributed by atoms with Gasteiger partial charge in [-0.1, -0.05) is 23.9 Å². The van der Waals surface area contributed by atoms with E-state index in [0.29, 0.717) is 16.5 Å². The van der Waals surface area contributed by atoms with E-state index in [0.717, 1.165) is 11.3 Å². The zero-order chi connectivity index (χ0) is 17.4. The molecule has 2 N–H and O–H groups in total. The largest absolute Gasteiger partial charge is 0.507 e. The third kappa shape index (κ3) is 2.70. The van der Waals surface area contributed by atoms with Gasteiger partial charge in [0.15, 0.2) is 5.82 Å². The molecule has 1 aliphatic heterocycles. The molecule has 0 bridgehead atoms. The van der Waals surface area contributed by atoms with Crippen molar-refractivity contribution in [1.82, 2.24) is 14.9 Å². The van der Waals surface area contributed by atoms with Gasteiger partial charge in [0.2, 0.25) is 5.16 Å². The van der Waals surface area contributed by atoms with Crippen LogP contribution in [0.3, 0.4) is 0 Å². The number of aromatic hydroxyl groups is 1. The third-order valence-electron chi connectivity index (χ3n) is 3.68. The maximum absolute atomic E-state index is 10.8. The van der Waals surface area contributed by atoms with Gasteiger partial charge in [0.1, 0.15) is 5.75 Å². The number of phenols is 1. The van der Waals surface area contributed by atoms with Crippen LogP contribution in [-0.4, -0.2) is 24.9 Å². The molecule has 2 aromatic carbocycles. The fourth-order valence-corrected chi connectivity index (χ4v) is 3.18. The van der Waals surface area contributed by atoms with E-state index in [2.05, 4.69) is 15.6 Å². The highest BCUT2D eigenvalue weighted by atomic mass is 32.2. The van der Waals surface area contributed by atoms with Crippen LogP contribution in [0.1, 0.15) is 5.56 Å². The molecule has 0 saturated heterocycles. The van der Waals surface area contributed by atoms with Gasteiger partial charge in [-0.2, -0.15) is 0 Å². The maximum Gasteiger partial charge on any atom is 0.269 e. The molecule has 0 unspecified atom stereocenters.